The average Bonchev–Trinajstić information content (AvgIpc) is 2.89. The number of carbonyl (C=O) groups excluding carboxylic acids is 1. The van der Waals surface area contributed by atoms with Crippen molar-refractivity contribution in [3.05, 3.63) is 24.3 Å². The molecule has 6 heteroatoms. The Kier molecular flexibility index (Phi) is 10.0. The van der Waals surface area contributed by atoms with Crippen molar-refractivity contribution >= 4 is 11.9 Å². The van der Waals surface area contributed by atoms with Crippen molar-refractivity contribution < 1.29 is 24.5 Å². The molecule has 0 aromatic carbocycles. The number of aliphatic carboxylic acids is 1. The summed E-state index contributed by atoms with van der Waals surface area (Å²) in [7, 11) is 0. The number of carboxylic acids is 1. The molecule has 24 heavy (non-hydrogen) atoms. The topological polar surface area (TPSA) is 90.6 Å². The Labute approximate surface area is 143 Å². The van der Waals surface area contributed by atoms with Crippen LogP contribution in [0.5, 0.6) is 0 Å². The number of hydrogen-bond donors (Lipinski definition) is 2. The Hall–Kier alpha value is -1.66. The lowest BCUT2D eigenvalue weighted by atomic mass is 10.1. The largest absolute Gasteiger partial charge is 0.476 e. The molecule has 1 rings (SSSR count). The summed E-state index contributed by atoms with van der Waals surface area (Å²) in [6.45, 7) is 2.76. The van der Waals surface area contributed by atoms with Crippen LogP contribution in [0.1, 0.15) is 45.4 Å². The van der Waals surface area contributed by atoms with Crippen molar-refractivity contribution in [2.75, 3.05) is 19.8 Å². The van der Waals surface area contributed by atoms with Crippen LogP contribution in [0.2, 0.25) is 0 Å². The lowest BCUT2D eigenvalue weighted by molar-refractivity contribution is -0.151. The van der Waals surface area contributed by atoms with Crippen LogP contribution in [0.4, 0.5) is 0 Å². The molecule has 1 aliphatic heterocycles. The first kappa shape index (κ1) is 20.4. The molecule has 1 unspecified atom stereocenters. The normalized spacial score (nSPS) is 19.7. The predicted octanol–water partition coefficient (Wildman–Crippen LogP) is 1.64. The van der Waals surface area contributed by atoms with Crippen LogP contribution < -0.4 is 0 Å². The summed E-state index contributed by atoms with van der Waals surface area (Å²) >= 11 is 0. The molecule has 0 aliphatic carbocycles. The summed E-state index contributed by atoms with van der Waals surface area (Å²) < 4.78 is 3.83. The number of nitrogens with zero attached hydrogens (tertiary/aromatic N) is 1. The summed E-state index contributed by atoms with van der Waals surface area (Å²) in [5, 5.41) is 18.4. The number of amides is 1. The van der Waals surface area contributed by atoms with E-state index in [1.54, 1.807) is 17.1 Å². The molecule has 6 nitrogen and oxygen atoms in total. The number of likely N-dealkylation sites (tertiary alicyclic amines) is 1. The molecule has 0 bridgehead atoms. The molecule has 1 heterocycles. The van der Waals surface area contributed by atoms with E-state index in [1.165, 1.54) is 0 Å². The Morgan fingerprint density at radius 1 is 1.42 bits per heavy atom. The van der Waals surface area contributed by atoms with Gasteiger partial charge in [-0.25, -0.2) is 4.79 Å². The minimum absolute atomic E-state index is 0.0268. The van der Waals surface area contributed by atoms with Crippen LogP contribution in [-0.2, 0) is 9.59 Å². The van der Waals surface area contributed by atoms with Crippen molar-refractivity contribution in [1.29, 1.82) is 0 Å². The van der Waals surface area contributed by atoms with Gasteiger partial charge in [-0.1, -0.05) is 44.4 Å². The van der Waals surface area contributed by atoms with Crippen LogP contribution in [0.15, 0.2) is 24.3 Å². The molecule has 2 atom stereocenters. The molecule has 0 spiro atoms. The van der Waals surface area contributed by atoms with E-state index in [0.29, 0.717) is 19.6 Å². The van der Waals surface area contributed by atoms with Gasteiger partial charge in [0.25, 0.3) is 0 Å². The van der Waals surface area contributed by atoms with Crippen molar-refractivity contribution in [3.8, 4) is 0 Å². The monoisotopic (exact) mass is 340 g/mol. The van der Waals surface area contributed by atoms with Crippen molar-refractivity contribution in [2.45, 2.75) is 57.6 Å². The van der Waals surface area contributed by atoms with Gasteiger partial charge in [-0.2, -0.15) is 0 Å². The number of unbranched alkanes of at least 4 members (excludes halogenated alkanes) is 2. The maximum Gasteiger partial charge on any atom is 0.381 e. The second kappa shape index (κ2) is 11.8. The van der Waals surface area contributed by atoms with Crippen molar-refractivity contribution in [3.63, 3.8) is 0 Å². The Balaban J connectivity index is 2.37. The zero-order valence-electron chi connectivity index (χ0n) is 14.4. The van der Waals surface area contributed by atoms with Gasteiger partial charge in [0.2, 0.25) is 12.5 Å². The molecule has 0 saturated carbocycles. The van der Waals surface area contributed by atoms with Crippen LogP contribution >= 0.6 is 0 Å². The molecule has 1 aliphatic rings. The Morgan fingerprint density at radius 3 is 2.92 bits per heavy atom. The van der Waals surface area contributed by atoms with E-state index in [2.05, 4.69) is 11.7 Å². The van der Waals surface area contributed by atoms with Crippen LogP contribution in [-0.4, -0.2) is 63.6 Å². The third kappa shape index (κ3) is 8.26. The number of carbonyl (C=O) groups is 2. The maximum atomic E-state index is 11.9. The first-order valence-corrected chi connectivity index (χ1v) is 8.70. The van der Waals surface area contributed by atoms with E-state index in [0.717, 1.165) is 32.1 Å². The van der Waals surface area contributed by atoms with E-state index in [-0.39, 0.29) is 18.6 Å². The quantitative estimate of drug-likeness (QED) is 0.321. The van der Waals surface area contributed by atoms with Crippen LogP contribution in [0.3, 0.4) is 0 Å². The molecular formula is C18H30NO5+. The van der Waals surface area contributed by atoms with E-state index >= 15 is 0 Å². The van der Waals surface area contributed by atoms with Gasteiger partial charge in [-0.15, -0.1) is 0 Å². The summed E-state index contributed by atoms with van der Waals surface area (Å²) in [6.07, 6.45) is 12.2. The molecule has 1 amide bonds. The first-order chi connectivity index (χ1) is 11.5. The maximum absolute atomic E-state index is 11.9. The van der Waals surface area contributed by atoms with Crippen molar-refractivity contribution in [2.24, 2.45) is 0 Å². The fourth-order valence-electron chi connectivity index (χ4n) is 2.65. The Bertz CT molecular complexity index is 447. The molecule has 0 aromatic heterocycles. The fraction of sp³-hybridized carbons (Fsp3) is 0.667. The zero-order valence-corrected chi connectivity index (χ0v) is 14.4. The third-order valence-electron chi connectivity index (χ3n) is 3.98. The molecule has 3 N–H and O–H groups in total. The number of aliphatic hydroxyl groups excluding tert-OH is 1. The highest BCUT2D eigenvalue weighted by molar-refractivity contribution is 5.79. The highest BCUT2D eigenvalue weighted by atomic mass is 16.5. The van der Waals surface area contributed by atoms with Gasteiger partial charge < -0.3 is 19.8 Å². The lowest BCUT2D eigenvalue weighted by Gasteiger charge is -2.21. The smallest absolute Gasteiger partial charge is 0.381 e. The molecule has 0 aromatic rings. The number of rotatable bonds is 12. The van der Waals surface area contributed by atoms with Gasteiger partial charge in [0, 0.05) is 13.0 Å². The van der Waals surface area contributed by atoms with E-state index < -0.39 is 12.1 Å². The number of aliphatic hydroxyl groups is 3. The number of carboxylic acid groups (broad SMARTS) is 1. The van der Waals surface area contributed by atoms with Crippen molar-refractivity contribution in [1.82, 2.24) is 4.90 Å². The van der Waals surface area contributed by atoms with Gasteiger partial charge >= 0.3 is 5.97 Å². The summed E-state index contributed by atoms with van der Waals surface area (Å²) in [5.74, 6) is -0.835. The van der Waals surface area contributed by atoms with Gasteiger partial charge in [-0.3, -0.25) is 4.79 Å². The fourth-order valence-corrected chi connectivity index (χ4v) is 2.65. The van der Waals surface area contributed by atoms with Gasteiger partial charge in [-0.05, 0) is 18.9 Å². The first-order valence-electron chi connectivity index (χ1n) is 8.70. The number of hydrogen-bond acceptors (Lipinski definition) is 3. The van der Waals surface area contributed by atoms with Gasteiger partial charge in [0.15, 0.2) is 6.61 Å². The molecule has 136 valence electrons. The number of ether oxygens (including phenoxy) is 1. The highest BCUT2D eigenvalue weighted by Gasteiger charge is 2.27. The molecule has 1 fully saturated rings. The van der Waals surface area contributed by atoms with Crippen LogP contribution in [0, 0.1) is 0 Å². The van der Waals surface area contributed by atoms with Gasteiger partial charge in [0.1, 0.15) is 0 Å². The summed E-state index contributed by atoms with van der Waals surface area (Å²) in [4.78, 5) is 24.1. The predicted molar refractivity (Wildman–Crippen MR) is 92.8 cm³/mol. The molecule has 1 saturated heterocycles. The molecular weight excluding hydrogens is 310 g/mol. The standard InChI is InChI=1S/C18H29NO5/c1-2-3-4-7-16(20)10-8-15-9-11-17(21)19(15)12-5-6-13-24-14-18(22)23/h5-6,8,10,15-16,20H,2-4,7,9,11-14H2,1H3,(H,22,23)/p+1/b6-5-,10-8+/t15-,16?/m0/s1. The summed E-state index contributed by atoms with van der Waals surface area (Å²) in [6, 6.07) is 0.0268. The minimum Gasteiger partial charge on any atom is -0.476 e. The second-order valence-electron chi connectivity index (χ2n) is 6.03. The summed E-state index contributed by atoms with van der Waals surface area (Å²) in [5.41, 5.74) is 0. The van der Waals surface area contributed by atoms with Gasteiger partial charge in [0.05, 0.1) is 12.1 Å². The average molecular weight is 340 g/mol. The van der Waals surface area contributed by atoms with E-state index in [1.807, 2.05) is 12.2 Å². The Morgan fingerprint density at radius 2 is 2.21 bits per heavy atom. The van der Waals surface area contributed by atoms with E-state index in [9.17, 15) is 14.7 Å². The van der Waals surface area contributed by atoms with E-state index in [4.69, 9.17) is 5.11 Å². The molecule has 0 radical (unpaired) electrons. The highest BCUT2D eigenvalue weighted by Crippen LogP contribution is 2.20. The minimum atomic E-state index is -0.944. The third-order valence-corrected chi connectivity index (χ3v) is 3.98. The van der Waals surface area contributed by atoms with Crippen LogP contribution in [0.25, 0.3) is 0 Å². The lowest BCUT2D eigenvalue weighted by Crippen LogP contribution is -2.32. The zero-order chi connectivity index (χ0) is 17.8. The second-order valence-corrected chi connectivity index (χ2v) is 6.03. The SMILES string of the molecule is CCCCCC(O)/C=C/[C@H]1CCC(=O)N1C/C=C\C[OH+]CC(=O)O.